The van der Waals surface area contributed by atoms with E-state index < -0.39 is 17.3 Å². The van der Waals surface area contributed by atoms with Crippen LogP contribution in [0.4, 0.5) is 14.5 Å². The number of nitrogen functional groups attached to an aromatic ring is 1. The van der Waals surface area contributed by atoms with Crippen molar-refractivity contribution < 1.29 is 13.6 Å². The van der Waals surface area contributed by atoms with Gasteiger partial charge in [-0.3, -0.25) is 4.79 Å². The molecule has 0 atom stereocenters. The Bertz CT molecular complexity index is 424. The molecular weight excluding hydrogens is 238 g/mol. The van der Waals surface area contributed by atoms with Crippen molar-refractivity contribution in [1.82, 2.24) is 4.90 Å². The minimum absolute atomic E-state index is 0.0126. The van der Waals surface area contributed by atoms with E-state index in [1.54, 1.807) is 4.90 Å². The first-order chi connectivity index (χ1) is 8.38. The van der Waals surface area contributed by atoms with Crippen LogP contribution in [-0.2, 0) is 0 Å². The van der Waals surface area contributed by atoms with Crippen molar-refractivity contribution in [2.45, 2.75) is 33.2 Å². The first kappa shape index (κ1) is 14.4. The van der Waals surface area contributed by atoms with Crippen molar-refractivity contribution in [3.05, 3.63) is 29.3 Å². The van der Waals surface area contributed by atoms with E-state index in [1.165, 1.54) is 0 Å². The van der Waals surface area contributed by atoms with Crippen molar-refractivity contribution in [3.8, 4) is 0 Å². The van der Waals surface area contributed by atoms with Crippen molar-refractivity contribution in [1.29, 1.82) is 0 Å². The Morgan fingerprint density at radius 3 is 2.22 bits per heavy atom. The summed E-state index contributed by atoms with van der Waals surface area (Å²) in [6.07, 6.45) is 0.782. The Hall–Kier alpha value is -1.65. The predicted molar refractivity (Wildman–Crippen MR) is 67.2 cm³/mol. The Kier molecular flexibility index (Phi) is 4.64. The number of benzene rings is 1. The molecule has 3 nitrogen and oxygen atoms in total. The summed E-state index contributed by atoms with van der Waals surface area (Å²) in [7, 11) is 0. The van der Waals surface area contributed by atoms with Gasteiger partial charge in [-0.15, -0.1) is 0 Å². The van der Waals surface area contributed by atoms with E-state index in [2.05, 4.69) is 0 Å². The minimum Gasteiger partial charge on any atom is -0.394 e. The minimum atomic E-state index is -0.904. The molecule has 5 heteroatoms. The van der Waals surface area contributed by atoms with Gasteiger partial charge < -0.3 is 10.6 Å². The molecule has 1 aromatic rings. The summed E-state index contributed by atoms with van der Waals surface area (Å²) in [4.78, 5) is 13.7. The fourth-order valence-electron chi connectivity index (χ4n) is 1.71. The number of nitrogens with two attached hydrogens (primary N) is 1. The average Bonchev–Trinajstić information content (AvgIpc) is 2.31. The molecule has 1 amide bonds. The smallest absolute Gasteiger partial charge is 0.254 e. The molecule has 0 saturated heterocycles. The maximum atomic E-state index is 13.3. The van der Waals surface area contributed by atoms with E-state index in [4.69, 9.17) is 5.73 Å². The van der Waals surface area contributed by atoms with Gasteiger partial charge in [0.15, 0.2) is 0 Å². The SMILES string of the molecule is CCCN(C(=O)c1cc(F)c(N)c(F)c1)C(C)C. The first-order valence-corrected chi connectivity index (χ1v) is 5.94. The highest BCUT2D eigenvalue weighted by atomic mass is 19.1. The van der Waals surface area contributed by atoms with Gasteiger partial charge in [0.1, 0.15) is 17.3 Å². The molecule has 0 saturated carbocycles. The van der Waals surface area contributed by atoms with Gasteiger partial charge >= 0.3 is 0 Å². The van der Waals surface area contributed by atoms with E-state index in [0.717, 1.165) is 18.6 Å². The number of amides is 1. The van der Waals surface area contributed by atoms with Gasteiger partial charge in [0.2, 0.25) is 0 Å². The van der Waals surface area contributed by atoms with Crippen LogP contribution in [0, 0.1) is 11.6 Å². The zero-order chi connectivity index (χ0) is 13.9. The highest BCUT2D eigenvalue weighted by Crippen LogP contribution is 2.19. The molecule has 0 fully saturated rings. The van der Waals surface area contributed by atoms with Crippen LogP contribution in [-0.4, -0.2) is 23.4 Å². The molecule has 1 rings (SSSR count). The van der Waals surface area contributed by atoms with Gasteiger partial charge in [0, 0.05) is 18.2 Å². The van der Waals surface area contributed by atoms with Gasteiger partial charge in [-0.25, -0.2) is 8.78 Å². The number of carbonyl (C=O) groups excluding carboxylic acids is 1. The van der Waals surface area contributed by atoms with Crippen molar-refractivity contribution >= 4 is 11.6 Å². The summed E-state index contributed by atoms with van der Waals surface area (Å²) in [6.45, 7) is 6.20. The number of anilines is 1. The van der Waals surface area contributed by atoms with Crippen LogP contribution in [0.2, 0.25) is 0 Å². The number of halogens is 2. The van der Waals surface area contributed by atoms with Gasteiger partial charge in [0.25, 0.3) is 5.91 Å². The molecule has 0 bridgehead atoms. The van der Waals surface area contributed by atoms with Gasteiger partial charge in [0.05, 0.1) is 0 Å². The van der Waals surface area contributed by atoms with Gasteiger partial charge in [-0.05, 0) is 32.4 Å². The second-order valence-electron chi connectivity index (χ2n) is 4.45. The molecule has 0 aliphatic carbocycles. The number of carbonyl (C=O) groups is 1. The van der Waals surface area contributed by atoms with Crippen LogP contribution in [0.5, 0.6) is 0 Å². The van der Waals surface area contributed by atoms with Crippen LogP contribution in [0.15, 0.2) is 12.1 Å². The lowest BCUT2D eigenvalue weighted by Gasteiger charge is -2.26. The Balaban J connectivity index is 3.09. The Morgan fingerprint density at radius 1 is 1.33 bits per heavy atom. The van der Waals surface area contributed by atoms with Crippen LogP contribution >= 0.6 is 0 Å². The molecule has 0 spiro atoms. The fourth-order valence-corrected chi connectivity index (χ4v) is 1.71. The molecule has 18 heavy (non-hydrogen) atoms. The summed E-state index contributed by atoms with van der Waals surface area (Å²) in [6, 6.07) is 1.93. The first-order valence-electron chi connectivity index (χ1n) is 5.94. The van der Waals surface area contributed by atoms with Gasteiger partial charge in [-0.1, -0.05) is 6.92 Å². The molecule has 0 aromatic heterocycles. The summed E-state index contributed by atoms with van der Waals surface area (Å²) >= 11 is 0. The maximum absolute atomic E-state index is 13.3. The van der Waals surface area contributed by atoms with E-state index in [1.807, 2.05) is 20.8 Å². The standard InChI is InChI=1S/C13H18F2N2O/c1-4-5-17(8(2)3)13(18)9-6-10(14)12(16)11(15)7-9/h6-8H,4-5,16H2,1-3H3. The quantitative estimate of drug-likeness (QED) is 0.842. The third-order valence-electron chi connectivity index (χ3n) is 2.67. The number of nitrogens with zero attached hydrogens (tertiary/aromatic N) is 1. The Labute approximate surface area is 106 Å². The van der Waals surface area contributed by atoms with Crippen molar-refractivity contribution in [3.63, 3.8) is 0 Å². The zero-order valence-corrected chi connectivity index (χ0v) is 10.8. The molecule has 2 N–H and O–H groups in total. The third kappa shape index (κ3) is 2.97. The maximum Gasteiger partial charge on any atom is 0.254 e. The average molecular weight is 256 g/mol. The number of rotatable bonds is 4. The molecule has 0 heterocycles. The van der Waals surface area contributed by atoms with E-state index in [-0.39, 0.29) is 17.5 Å². The molecule has 0 aliphatic heterocycles. The molecule has 100 valence electrons. The van der Waals surface area contributed by atoms with Crippen LogP contribution < -0.4 is 5.73 Å². The molecule has 1 aromatic carbocycles. The lowest BCUT2D eigenvalue weighted by molar-refractivity contribution is 0.0705. The normalized spacial score (nSPS) is 10.8. The molecular formula is C13H18F2N2O. The largest absolute Gasteiger partial charge is 0.394 e. The van der Waals surface area contributed by atoms with Crippen molar-refractivity contribution in [2.75, 3.05) is 12.3 Å². The summed E-state index contributed by atoms with van der Waals surface area (Å²) < 4.78 is 26.6. The topological polar surface area (TPSA) is 46.3 Å². The highest BCUT2D eigenvalue weighted by Gasteiger charge is 2.20. The fraction of sp³-hybridized carbons (Fsp3) is 0.462. The molecule has 0 radical (unpaired) electrons. The molecule has 0 unspecified atom stereocenters. The summed E-state index contributed by atoms with van der Waals surface area (Å²) in [5, 5.41) is 0. The molecule has 0 aliphatic rings. The highest BCUT2D eigenvalue weighted by molar-refractivity contribution is 5.94. The van der Waals surface area contributed by atoms with Crippen LogP contribution in [0.3, 0.4) is 0 Å². The lowest BCUT2D eigenvalue weighted by atomic mass is 10.1. The third-order valence-corrected chi connectivity index (χ3v) is 2.67. The predicted octanol–water partition coefficient (Wildman–Crippen LogP) is 2.81. The van der Waals surface area contributed by atoms with Gasteiger partial charge in [-0.2, -0.15) is 0 Å². The summed E-state index contributed by atoms with van der Waals surface area (Å²) in [5.74, 6) is -2.19. The van der Waals surface area contributed by atoms with E-state index in [0.29, 0.717) is 6.54 Å². The zero-order valence-electron chi connectivity index (χ0n) is 10.8. The van der Waals surface area contributed by atoms with Crippen LogP contribution in [0.25, 0.3) is 0 Å². The Morgan fingerprint density at radius 2 is 1.83 bits per heavy atom. The summed E-state index contributed by atoms with van der Waals surface area (Å²) in [5.41, 5.74) is 4.60. The number of hydrogen-bond donors (Lipinski definition) is 1. The number of hydrogen-bond acceptors (Lipinski definition) is 2. The second kappa shape index (κ2) is 5.80. The lowest BCUT2D eigenvalue weighted by Crippen LogP contribution is -2.37. The van der Waals surface area contributed by atoms with E-state index >= 15 is 0 Å². The van der Waals surface area contributed by atoms with E-state index in [9.17, 15) is 13.6 Å². The van der Waals surface area contributed by atoms with Crippen molar-refractivity contribution in [2.24, 2.45) is 0 Å². The monoisotopic (exact) mass is 256 g/mol. The second-order valence-corrected chi connectivity index (χ2v) is 4.45. The van der Waals surface area contributed by atoms with Crippen LogP contribution in [0.1, 0.15) is 37.6 Å².